The van der Waals surface area contributed by atoms with E-state index in [1.54, 1.807) is 0 Å². The first-order valence-electron chi connectivity index (χ1n) is 11.6. The van der Waals surface area contributed by atoms with Crippen molar-refractivity contribution in [3.63, 3.8) is 0 Å². The Kier molecular flexibility index (Phi) is 2.53. The number of hydrogen-bond donors (Lipinski definition) is 0. The average Bonchev–Trinajstić information content (AvgIpc) is 3.19. The molecule has 1 aliphatic heterocycles. The zero-order valence-corrected chi connectivity index (χ0v) is 16.8. The minimum absolute atomic E-state index is 0.646. The van der Waals surface area contributed by atoms with Crippen LogP contribution in [-0.4, -0.2) is 9.38 Å². The summed E-state index contributed by atoms with van der Waals surface area (Å²) in [4.78, 5) is 5.15. The van der Waals surface area contributed by atoms with Crippen LogP contribution in [-0.2, 0) is 10.8 Å². The first kappa shape index (κ1) is 13.9. The Bertz CT molecular complexity index is 1540. The molecule has 0 fully saturated rings. The molecular weight excluding hydrogens is 352 g/mol. The molecule has 3 aromatic carbocycles. The summed E-state index contributed by atoms with van der Waals surface area (Å²) in [5.41, 5.74) is 3.62. The molecular formula is C27H24N2. The van der Waals surface area contributed by atoms with Gasteiger partial charge in [0.25, 0.3) is 0 Å². The van der Waals surface area contributed by atoms with Gasteiger partial charge < -0.3 is 0 Å². The molecule has 142 valence electrons. The van der Waals surface area contributed by atoms with Gasteiger partial charge in [0.05, 0.1) is 16.9 Å². The van der Waals surface area contributed by atoms with Crippen LogP contribution in [0.5, 0.6) is 0 Å². The van der Waals surface area contributed by atoms with Crippen molar-refractivity contribution in [1.29, 1.82) is 0 Å². The van der Waals surface area contributed by atoms with Gasteiger partial charge in [-0.15, -0.1) is 0 Å². The third kappa shape index (κ3) is 1.89. The molecule has 1 unspecified atom stereocenters. The molecule has 0 saturated carbocycles. The number of pyridine rings is 1. The summed E-state index contributed by atoms with van der Waals surface area (Å²) in [5.74, 6) is 0. The minimum atomic E-state index is -2.23. The van der Waals surface area contributed by atoms with Gasteiger partial charge in [-0.2, -0.15) is 0 Å². The van der Waals surface area contributed by atoms with Crippen molar-refractivity contribution in [2.75, 3.05) is 0 Å². The standard InChI is InChI=1S/C27H24N2/c1-26(2)21-16-10-15-19-18-13-8-9-14-20(18)25-28-22(17-11-6-5-7-12-17)24(27(26,3)4)29(25)23(19)21/h5-16H,1-4H3/i3D3. The van der Waals surface area contributed by atoms with E-state index in [2.05, 4.69) is 54.6 Å². The number of rotatable bonds is 1. The van der Waals surface area contributed by atoms with E-state index in [0.29, 0.717) is 0 Å². The molecule has 29 heavy (non-hydrogen) atoms. The molecule has 2 heteroatoms. The van der Waals surface area contributed by atoms with E-state index >= 15 is 0 Å². The Balaban J connectivity index is 1.98. The molecule has 0 N–H and O–H groups in total. The van der Waals surface area contributed by atoms with Crippen molar-refractivity contribution in [1.82, 2.24) is 9.38 Å². The summed E-state index contributed by atoms with van der Waals surface area (Å²) in [6, 6.07) is 24.5. The van der Waals surface area contributed by atoms with Crippen LogP contribution in [0.15, 0.2) is 72.8 Å². The van der Waals surface area contributed by atoms with Gasteiger partial charge in [-0.05, 0) is 10.9 Å². The fraction of sp³-hybridized carbons (Fsp3) is 0.222. The highest BCUT2D eigenvalue weighted by atomic mass is 15.1. The van der Waals surface area contributed by atoms with Crippen LogP contribution >= 0.6 is 0 Å². The topological polar surface area (TPSA) is 17.3 Å². The van der Waals surface area contributed by atoms with Crippen molar-refractivity contribution < 1.29 is 4.11 Å². The van der Waals surface area contributed by atoms with E-state index in [0.717, 1.165) is 49.8 Å². The number of hydrogen-bond acceptors (Lipinski definition) is 1. The highest BCUT2D eigenvalue weighted by Gasteiger charge is 2.48. The largest absolute Gasteiger partial charge is 0.295 e. The Labute approximate surface area is 175 Å². The lowest BCUT2D eigenvalue weighted by Gasteiger charge is -2.46. The summed E-state index contributed by atoms with van der Waals surface area (Å²) >= 11 is 0. The molecule has 0 amide bonds. The van der Waals surface area contributed by atoms with Crippen molar-refractivity contribution >= 4 is 27.3 Å². The fourth-order valence-electron chi connectivity index (χ4n) is 5.06. The highest BCUT2D eigenvalue weighted by Crippen LogP contribution is 2.53. The van der Waals surface area contributed by atoms with Crippen LogP contribution in [0.4, 0.5) is 0 Å². The van der Waals surface area contributed by atoms with Gasteiger partial charge in [0.1, 0.15) is 5.65 Å². The van der Waals surface area contributed by atoms with Gasteiger partial charge in [-0.3, -0.25) is 4.40 Å². The molecule has 0 bridgehead atoms. The summed E-state index contributed by atoms with van der Waals surface area (Å²) < 4.78 is 28.3. The Hall–Kier alpha value is -3.13. The first-order valence-corrected chi connectivity index (χ1v) is 10.1. The van der Waals surface area contributed by atoms with E-state index in [1.807, 2.05) is 43.3 Å². The van der Waals surface area contributed by atoms with Crippen LogP contribution < -0.4 is 0 Å². The average molecular weight is 380 g/mol. The number of nitrogens with zero attached hydrogens (tertiary/aromatic N) is 2. The summed E-state index contributed by atoms with van der Waals surface area (Å²) in [6.07, 6.45) is 0. The first-order chi connectivity index (χ1) is 15.2. The van der Waals surface area contributed by atoms with E-state index in [4.69, 9.17) is 9.10 Å². The van der Waals surface area contributed by atoms with Crippen molar-refractivity contribution in [3.8, 4) is 11.3 Å². The van der Waals surface area contributed by atoms with Crippen molar-refractivity contribution in [3.05, 3.63) is 84.1 Å². The second-order valence-corrected chi connectivity index (χ2v) is 8.83. The van der Waals surface area contributed by atoms with Gasteiger partial charge in [0.2, 0.25) is 0 Å². The number of aromatic nitrogens is 2. The third-order valence-electron chi connectivity index (χ3n) is 7.04. The van der Waals surface area contributed by atoms with Gasteiger partial charge in [0, 0.05) is 31.3 Å². The predicted molar refractivity (Wildman–Crippen MR) is 122 cm³/mol. The molecule has 2 nitrogen and oxygen atoms in total. The Morgan fingerprint density at radius 3 is 2.21 bits per heavy atom. The van der Waals surface area contributed by atoms with E-state index in [9.17, 15) is 0 Å². The lowest BCUT2D eigenvalue weighted by atomic mass is 9.60. The number of fused-ring (bicyclic) bond motifs is 3. The number of para-hydroxylation sites is 1. The SMILES string of the molecule is [2H]C([2H])([2H])C1(C)c2c(-c3ccccc3)nc3c4ccccc4c4cccc(c4n23)C1(C)C. The third-order valence-corrected chi connectivity index (χ3v) is 7.04. The fourth-order valence-corrected chi connectivity index (χ4v) is 5.06. The van der Waals surface area contributed by atoms with Crippen molar-refractivity contribution in [2.24, 2.45) is 0 Å². The quantitative estimate of drug-likeness (QED) is 0.290. The smallest absolute Gasteiger partial charge is 0.146 e. The van der Waals surface area contributed by atoms with Crippen LogP contribution in [0.3, 0.4) is 0 Å². The summed E-state index contributed by atoms with van der Waals surface area (Å²) in [6.45, 7) is 3.80. The van der Waals surface area contributed by atoms with E-state index in [-0.39, 0.29) is 0 Å². The van der Waals surface area contributed by atoms with Crippen LogP contribution in [0, 0.1) is 0 Å². The predicted octanol–water partition coefficient (Wildman–Crippen LogP) is 6.88. The molecule has 0 radical (unpaired) electrons. The minimum Gasteiger partial charge on any atom is -0.295 e. The van der Waals surface area contributed by atoms with Crippen molar-refractivity contribution in [2.45, 2.75) is 38.5 Å². The normalized spacial score (nSPS) is 22.1. The zero-order valence-electron chi connectivity index (χ0n) is 19.8. The molecule has 5 aromatic rings. The van der Waals surface area contributed by atoms with Crippen LogP contribution in [0.25, 0.3) is 38.6 Å². The van der Waals surface area contributed by atoms with Crippen LogP contribution in [0.2, 0.25) is 0 Å². The second-order valence-electron chi connectivity index (χ2n) is 8.83. The second kappa shape index (κ2) is 5.27. The lowest BCUT2D eigenvalue weighted by molar-refractivity contribution is 0.289. The monoisotopic (exact) mass is 379 g/mol. The molecule has 0 aliphatic carbocycles. The molecule has 1 atom stereocenters. The van der Waals surface area contributed by atoms with Gasteiger partial charge in [0.15, 0.2) is 0 Å². The Morgan fingerprint density at radius 2 is 1.45 bits per heavy atom. The van der Waals surface area contributed by atoms with Gasteiger partial charge in [-0.25, -0.2) is 4.98 Å². The maximum absolute atomic E-state index is 8.73. The van der Waals surface area contributed by atoms with Gasteiger partial charge in [-0.1, -0.05) is 100 Å². The maximum Gasteiger partial charge on any atom is 0.146 e. The van der Waals surface area contributed by atoms with Gasteiger partial charge >= 0.3 is 0 Å². The van der Waals surface area contributed by atoms with Crippen LogP contribution in [0.1, 0.15) is 43.0 Å². The van der Waals surface area contributed by atoms with E-state index in [1.165, 1.54) is 0 Å². The number of benzene rings is 3. The lowest BCUT2D eigenvalue weighted by Crippen LogP contribution is -2.44. The zero-order chi connectivity index (χ0) is 22.5. The Morgan fingerprint density at radius 1 is 0.759 bits per heavy atom. The summed E-state index contributed by atoms with van der Waals surface area (Å²) in [5, 5.41) is 3.30. The summed E-state index contributed by atoms with van der Waals surface area (Å²) in [7, 11) is 0. The molecule has 3 heterocycles. The highest BCUT2D eigenvalue weighted by molar-refractivity contribution is 6.13. The van der Waals surface area contributed by atoms with E-state index < -0.39 is 17.7 Å². The maximum atomic E-state index is 8.73. The molecule has 1 aliphatic rings. The molecule has 0 saturated heterocycles. The molecule has 0 spiro atoms. The number of imidazole rings is 1. The molecule has 6 rings (SSSR count). The molecule has 2 aromatic heterocycles.